The molecule has 0 unspecified atom stereocenters. The van der Waals surface area contributed by atoms with Crippen LogP contribution in [0.2, 0.25) is 0 Å². The number of halogens is 2. The molecule has 0 bridgehead atoms. The average Bonchev–Trinajstić information content (AvgIpc) is 2.23. The monoisotopic (exact) mass is 285 g/mol. The molecule has 0 fully saturated rings. The van der Waals surface area contributed by atoms with Crippen LogP contribution in [-0.4, -0.2) is 12.1 Å². The van der Waals surface area contributed by atoms with Gasteiger partial charge in [-0.1, -0.05) is 0 Å². The van der Waals surface area contributed by atoms with Gasteiger partial charge in [-0.15, -0.1) is 0 Å². The standard InChI is InChI=1S/C11H9BrFNO2/c1-16-5-6-4-9(15)10-8(13)3-2-7(12)11(10)14-6/h2-4H,5H2,1H3,(H,14,15). The van der Waals surface area contributed by atoms with Gasteiger partial charge < -0.3 is 9.72 Å². The van der Waals surface area contributed by atoms with Crippen molar-refractivity contribution in [2.24, 2.45) is 0 Å². The Balaban J connectivity index is 2.81. The molecule has 0 saturated carbocycles. The molecule has 2 rings (SSSR count). The minimum Gasteiger partial charge on any atom is -0.378 e. The Bertz CT molecular complexity index is 594. The van der Waals surface area contributed by atoms with E-state index in [1.54, 1.807) is 6.07 Å². The lowest BCUT2D eigenvalue weighted by Crippen LogP contribution is -2.08. The fourth-order valence-electron chi connectivity index (χ4n) is 1.58. The van der Waals surface area contributed by atoms with E-state index in [0.717, 1.165) is 0 Å². The van der Waals surface area contributed by atoms with Gasteiger partial charge in [0.05, 0.1) is 17.5 Å². The summed E-state index contributed by atoms with van der Waals surface area (Å²) in [6.07, 6.45) is 0. The minimum absolute atomic E-state index is 0.0641. The summed E-state index contributed by atoms with van der Waals surface area (Å²) >= 11 is 3.27. The number of methoxy groups -OCH3 is 1. The molecule has 84 valence electrons. The molecule has 1 aromatic carbocycles. The molecular formula is C11H9BrFNO2. The maximum atomic E-state index is 13.5. The average molecular weight is 286 g/mol. The lowest BCUT2D eigenvalue weighted by molar-refractivity contribution is 0.181. The summed E-state index contributed by atoms with van der Waals surface area (Å²) in [5.41, 5.74) is 0.727. The molecule has 1 aromatic heterocycles. The van der Waals surface area contributed by atoms with Crippen LogP contribution in [0.4, 0.5) is 4.39 Å². The van der Waals surface area contributed by atoms with E-state index in [9.17, 15) is 9.18 Å². The second kappa shape index (κ2) is 4.35. The number of benzene rings is 1. The highest BCUT2D eigenvalue weighted by atomic mass is 79.9. The molecule has 16 heavy (non-hydrogen) atoms. The number of hydrogen-bond donors (Lipinski definition) is 1. The van der Waals surface area contributed by atoms with Crippen LogP contribution < -0.4 is 5.43 Å². The van der Waals surface area contributed by atoms with E-state index in [1.165, 1.54) is 19.2 Å². The smallest absolute Gasteiger partial charge is 0.192 e. The zero-order valence-electron chi connectivity index (χ0n) is 8.51. The van der Waals surface area contributed by atoms with Gasteiger partial charge in [-0.3, -0.25) is 4.79 Å². The lowest BCUT2D eigenvalue weighted by Gasteiger charge is -2.05. The summed E-state index contributed by atoms with van der Waals surface area (Å²) < 4.78 is 19.0. The van der Waals surface area contributed by atoms with Crippen LogP contribution in [0.3, 0.4) is 0 Å². The Morgan fingerprint density at radius 3 is 2.94 bits per heavy atom. The molecule has 5 heteroatoms. The zero-order valence-corrected chi connectivity index (χ0v) is 10.1. The topological polar surface area (TPSA) is 42.1 Å². The Labute approximate surface area is 99.4 Å². The Morgan fingerprint density at radius 2 is 2.25 bits per heavy atom. The van der Waals surface area contributed by atoms with Crippen molar-refractivity contribution in [2.45, 2.75) is 6.61 Å². The van der Waals surface area contributed by atoms with Gasteiger partial charge in [0.15, 0.2) is 5.43 Å². The molecule has 0 aliphatic rings. The van der Waals surface area contributed by atoms with Crippen molar-refractivity contribution in [2.75, 3.05) is 7.11 Å². The van der Waals surface area contributed by atoms with E-state index < -0.39 is 5.82 Å². The molecular weight excluding hydrogens is 277 g/mol. The fourth-order valence-corrected chi connectivity index (χ4v) is 2.00. The van der Waals surface area contributed by atoms with Crippen molar-refractivity contribution in [3.05, 3.63) is 44.4 Å². The number of aromatic amines is 1. The van der Waals surface area contributed by atoms with Gasteiger partial charge in [0.1, 0.15) is 5.82 Å². The molecule has 1 heterocycles. The highest BCUT2D eigenvalue weighted by Gasteiger charge is 2.09. The number of aromatic nitrogens is 1. The minimum atomic E-state index is -0.525. The molecule has 0 saturated heterocycles. The number of fused-ring (bicyclic) bond motifs is 1. The molecule has 0 spiro atoms. The van der Waals surface area contributed by atoms with Gasteiger partial charge in [-0.2, -0.15) is 0 Å². The normalized spacial score (nSPS) is 10.9. The molecule has 1 N–H and O–H groups in total. The predicted molar refractivity (Wildman–Crippen MR) is 62.9 cm³/mol. The largest absolute Gasteiger partial charge is 0.378 e. The predicted octanol–water partition coefficient (Wildman–Crippen LogP) is 2.58. The molecule has 0 atom stereocenters. The van der Waals surface area contributed by atoms with Gasteiger partial charge >= 0.3 is 0 Å². The molecule has 0 radical (unpaired) electrons. The number of rotatable bonds is 2. The van der Waals surface area contributed by atoms with Crippen molar-refractivity contribution >= 4 is 26.8 Å². The third kappa shape index (κ3) is 1.88. The van der Waals surface area contributed by atoms with Crippen LogP contribution >= 0.6 is 15.9 Å². The molecule has 0 aliphatic carbocycles. The van der Waals surface area contributed by atoms with Crippen LogP contribution in [0, 0.1) is 5.82 Å². The number of ether oxygens (including phenoxy) is 1. The maximum Gasteiger partial charge on any atom is 0.192 e. The summed E-state index contributed by atoms with van der Waals surface area (Å²) in [5, 5.41) is 0.0641. The molecule has 0 aliphatic heterocycles. The highest BCUT2D eigenvalue weighted by Crippen LogP contribution is 2.22. The second-order valence-corrected chi connectivity index (χ2v) is 4.23. The van der Waals surface area contributed by atoms with Gasteiger partial charge in [0.25, 0.3) is 0 Å². The first-order chi connectivity index (χ1) is 7.63. The summed E-state index contributed by atoms with van der Waals surface area (Å²) in [6, 6.07) is 4.17. The molecule has 2 aromatic rings. The SMILES string of the molecule is COCc1cc(=O)c2c(F)ccc(Br)c2[nH]1. The van der Waals surface area contributed by atoms with Gasteiger partial charge in [0, 0.05) is 23.3 Å². The summed E-state index contributed by atoms with van der Waals surface area (Å²) in [6.45, 7) is 0.286. The van der Waals surface area contributed by atoms with Gasteiger partial charge in [-0.05, 0) is 28.1 Å². The highest BCUT2D eigenvalue weighted by molar-refractivity contribution is 9.10. The van der Waals surface area contributed by atoms with Crippen LogP contribution in [-0.2, 0) is 11.3 Å². The van der Waals surface area contributed by atoms with Crippen LogP contribution in [0.5, 0.6) is 0 Å². The quantitative estimate of drug-likeness (QED) is 0.922. The first-order valence-electron chi connectivity index (χ1n) is 4.62. The third-order valence-electron chi connectivity index (χ3n) is 2.24. The Kier molecular flexibility index (Phi) is 3.07. The van der Waals surface area contributed by atoms with Crippen molar-refractivity contribution in [3.63, 3.8) is 0 Å². The maximum absolute atomic E-state index is 13.5. The van der Waals surface area contributed by atoms with Crippen molar-refractivity contribution < 1.29 is 9.13 Å². The van der Waals surface area contributed by atoms with Gasteiger partial charge in [-0.25, -0.2) is 4.39 Å². The van der Waals surface area contributed by atoms with E-state index in [0.29, 0.717) is 15.7 Å². The summed E-state index contributed by atoms with van der Waals surface area (Å²) in [7, 11) is 1.53. The van der Waals surface area contributed by atoms with Crippen LogP contribution in [0.25, 0.3) is 10.9 Å². The van der Waals surface area contributed by atoms with E-state index in [2.05, 4.69) is 20.9 Å². The van der Waals surface area contributed by atoms with E-state index in [1.807, 2.05) is 0 Å². The Hall–Kier alpha value is -1.20. The molecule has 3 nitrogen and oxygen atoms in total. The van der Waals surface area contributed by atoms with E-state index >= 15 is 0 Å². The molecule has 0 amide bonds. The first-order valence-corrected chi connectivity index (χ1v) is 5.41. The zero-order chi connectivity index (χ0) is 11.7. The number of nitrogens with one attached hydrogen (secondary N) is 1. The fraction of sp³-hybridized carbons (Fsp3) is 0.182. The van der Waals surface area contributed by atoms with Crippen molar-refractivity contribution in [1.29, 1.82) is 0 Å². The van der Waals surface area contributed by atoms with Crippen LogP contribution in [0.1, 0.15) is 5.69 Å². The van der Waals surface area contributed by atoms with Gasteiger partial charge in [0.2, 0.25) is 0 Å². The number of pyridine rings is 1. The van der Waals surface area contributed by atoms with Crippen molar-refractivity contribution in [1.82, 2.24) is 4.98 Å². The third-order valence-corrected chi connectivity index (χ3v) is 2.90. The summed E-state index contributed by atoms with van der Waals surface area (Å²) in [5.74, 6) is -0.525. The Morgan fingerprint density at radius 1 is 1.50 bits per heavy atom. The van der Waals surface area contributed by atoms with Crippen LogP contribution in [0.15, 0.2) is 27.5 Å². The number of hydrogen-bond acceptors (Lipinski definition) is 2. The summed E-state index contributed by atoms with van der Waals surface area (Å²) in [4.78, 5) is 14.7. The van der Waals surface area contributed by atoms with Crippen molar-refractivity contribution in [3.8, 4) is 0 Å². The first kappa shape index (κ1) is 11.3. The number of H-pyrrole nitrogens is 1. The second-order valence-electron chi connectivity index (χ2n) is 3.37. The van der Waals surface area contributed by atoms with E-state index in [4.69, 9.17) is 4.74 Å². The lowest BCUT2D eigenvalue weighted by atomic mass is 10.2. The van der Waals surface area contributed by atoms with E-state index in [-0.39, 0.29) is 17.4 Å².